The minimum atomic E-state index is -0.554. The number of hydrazine groups is 1. The molecule has 0 unspecified atom stereocenters. The van der Waals surface area contributed by atoms with Crippen molar-refractivity contribution in [2.45, 2.75) is 20.3 Å². The highest BCUT2D eigenvalue weighted by Gasteiger charge is 2.18. The van der Waals surface area contributed by atoms with Crippen LogP contribution >= 0.6 is 0 Å². The molecule has 0 aliphatic heterocycles. The van der Waals surface area contributed by atoms with Gasteiger partial charge in [0, 0.05) is 12.5 Å². The minimum Gasteiger partial charge on any atom is -0.339 e. The Hall–Kier alpha value is -5.21. The number of carbonyl (C=O) groups is 1. The van der Waals surface area contributed by atoms with E-state index in [0.29, 0.717) is 5.82 Å². The Bertz CT molecular complexity index is 1690. The van der Waals surface area contributed by atoms with Gasteiger partial charge in [0.05, 0.1) is 6.33 Å². The number of aromatic nitrogens is 8. The fraction of sp³-hybridized carbons (Fsp3) is 0.150. The van der Waals surface area contributed by atoms with Gasteiger partial charge in [-0.1, -0.05) is 36.3 Å². The van der Waals surface area contributed by atoms with Crippen molar-refractivity contribution in [3.05, 3.63) is 56.9 Å². The van der Waals surface area contributed by atoms with Gasteiger partial charge in [-0.25, -0.2) is 9.97 Å². The first kappa shape index (κ1) is 21.6. The van der Waals surface area contributed by atoms with Gasteiger partial charge in [0.1, 0.15) is 5.82 Å². The molecule has 5 N–H and O–H groups in total. The largest absolute Gasteiger partial charge is 0.339 e. The molecule has 0 aliphatic rings. The molecule has 0 atom stereocenters. The quantitative estimate of drug-likeness (QED) is 0.179. The molecule has 0 radical (unpaired) electrons. The van der Waals surface area contributed by atoms with Crippen LogP contribution in [0.4, 0.5) is 11.9 Å². The van der Waals surface area contributed by atoms with Crippen molar-refractivity contribution >= 4 is 40.1 Å². The highest BCUT2D eigenvalue weighted by Crippen LogP contribution is 2.19. The SMILES string of the molecule is CCc1ccc(-c2nc3nc(N(NN=Nc4nc5nc[nH]c5c(=O)[nH]4)C(C)=O)[nH]c(=O)c3[nH]2)cc1. The summed E-state index contributed by atoms with van der Waals surface area (Å²) in [7, 11) is 0. The van der Waals surface area contributed by atoms with Crippen molar-refractivity contribution in [3.8, 4) is 11.4 Å². The fourth-order valence-corrected chi connectivity index (χ4v) is 3.30. The maximum Gasteiger partial charge on any atom is 0.278 e. The van der Waals surface area contributed by atoms with E-state index in [0.717, 1.165) is 17.0 Å². The number of aryl methyl sites for hydroxylation is 1. The fourth-order valence-electron chi connectivity index (χ4n) is 3.30. The highest BCUT2D eigenvalue weighted by molar-refractivity contribution is 5.89. The molecule has 1 aromatic carbocycles. The number of amides is 1. The van der Waals surface area contributed by atoms with Gasteiger partial charge >= 0.3 is 0 Å². The molecule has 0 bridgehead atoms. The third-order valence-electron chi connectivity index (χ3n) is 5.08. The standard InChI is InChI=1S/C20H18N12O3/c1-3-10-4-6-11(7-5-10)14-23-13-16(24-14)26-20(28-18(13)35)32(9(2)33)31-30-29-19-25-15-12(17(34)27-19)21-8-22-15/h4-8H,3H2,1-2H3,(H2,23,24,26,28,35)(H3,21,22,25,27,29,31,34). The summed E-state index contributed by atoms with van der Waals surface area (Å²) < 4.78 is 0. The summed E-state index contributed by atoms with van der Waals surface area (Å²) in [5, 5.41) is 8.28. The maximum atomic E-state index is 12.7. The van der Waals surface area contributed by atoms with E-state index in [-0.39, 0.29) is 34.2 Å². The van der Waals surface area contributed by atoms with Gasteiger partial charge in [0.15, 0.2) is 22.3 Å². The van der Waals surface area contributed by atoms with Crippen molar-refractivity contribution in [1.29, 1.82) is 0 Å². The molecule has 0 saturated carbocycles. The molecule has 15 heteroatoms. The zero-order valence-electron chi connectivity index (χ0n) is 18.4. The second-order valence-electron chi connectivity index (χ2n) is 7.37. The number of nitrogens with one attached hydrogen (secondary N) is 5. The number of aromatic amines is 4. The lowest BCUT2D eigenvalue weighted by Crippen LogP contribution is -2.40. The summed E-state index contributed by atoms with van der Waals surface area (Å²) in [6.07, 6.45) is 2.22. The second-order valence-corrected chi connectivity index (χ2v) is 7.37. The number of hydrogen-bond donors (Lipinski definition) is 5. The smallest absolute Gasteiger partial charge is 0.278 e. The molecule has 0 saturated heterocycles. The van der Waals surface area contributed by atoms with Crippen molar-refractivity contribution in [3.63, 3.8) is 0 Å². The molecule has 4 aromatic heterocycles. The Morgan fingerprint density at radius 3 is 2.51 bits per heavy atom. The summed E-state index contributed by atoms with van der Waals surface area (Å²) in [5.41, 5.74) is 3.91. The van der Waals surface area contributed by atoms with E-state index >= 15 is 0 Å². The monoisotopic (exact) mass is 474 g/mol. The van der Waals surface area contributed by atoms with Gasteiger partial charge in [0.2, 0.25) is 11.9 Å². The third-order valence-corrected chi connectivity index (χ3v) is 5.08. The van der Waals surface area contributed by atoms with Gasteiger partial charge in [-0.05, 0) is 17.2 Å². The number of fused-ring (bicyclic) bond motifs is 2. The van der Waals surface area contributed by atoms with Crippen molar-refractivity contribution < 1.29 is 4.79 Å². The molecule has 0 spiro atoms. The van der Waals surface area contributed by atoms with Gasteiger partial charge in [0.25, 0.3) is 17.1 Å². The van der Waals surface area contributed by atoms with E-state index in [1.54, 1.807) is 0 Å². The number of rotatable bonds is 6. The number of carbonyl (C=O) groups excluding carboxylic acids is 1. The zero-order valence-corrected chi connectivity index (χ0v) is 18.4. The summed E-state index contributed by atoms with van der Waals surface area (Å²) >= 11 is 0. The Balaban J connectivity index is 1.43. The van der Waals surface area contributed by atoms with Gasteiger partial charge in [-0.2, -0.15) is 20.5 Å². The van der Waals surface area contributed by atoms with E-state index < -0.39 is 17.0 Å². The van der Waals surface area contributed by atoms with Crippen LogP contribution in [0.5, 0.6) is 0 Å². The van der Waals surface area contributed by atoms with Gasteiger partial charge in [-0.15, -0.1) is 0 Å². The third kappa shape index (κ3) is 4.12. The molecule has 5 aromatic rings. The Labute approximate surface area is 194 Å². The minimum absolute atomic E-state index is 0.110. The first-order chi connectivity index (χ1) is 16.9. The van der Waals surface area contributed by atoms with Crippen LogP contribution < -0.4 is 21.7 Å². The highest BCUT2D eigenvalue weighted by atomic mass is 16.2. The normalized spacial score (nSPS) is 11.5. The molecular formula is C20H18N12O3. The number of imidazole rings is 2. The predicted octanol–water partition coefficient (Wildman–Crippen LogP) is 1.39. The molecule has 5 rings (SSSR count). The molecular weight excluding hydrogens is 456 g/mol. The van der Waals surface area contributed by atoms with E-state index in [4.69, 9.17) is 0 Å². The lowest BCUT2D eigenvalue weighted by Gasteiger charge is -2.16. The molecule has 1 amide bonds. The average molecular weight is 474 g/mol. The van der Waals surface area contributed by atoms with Crippen LogP contribution in [0.3, 0.4) is 0 Å². The number of anilines is 1. The van der Waals surface area contributed by atoms with Gasteiger partial charge in [-0.3, -0.25) is 24.4 Å². The Kier molecular flexibility index (Phi) is 5.33. The van der Waals surface area contributed by atoms with Crippen LogP contribution in [0.15, 0.2) is 50.5 Å². The molecule has 4 heterocycles. The van der Waals surface area contributed by atoms with Crippen LogP contribution in [0.2, 0.25) is 0 Å². The van der Waals surface area contributed by atoms with Crippen LogP contribution in [0.1, 0.15) is 19.4 Å². The van der Waals surface area contributed by atoms with E-state index in [1.165, 1.54) is 18.8 Å². The molecule has 15 nitrogen and oxygen atoms in total. The van der Waals surface area contributed by atoms with E-state index in [9.17, 15) is 14.4 Å². The van der Waals surface area contributed by atoms with Crippen LogP contribution in [-0.4, -0.2) is 45.8 Å². The summed E-state index contributed by atoms with van der Waals surface area (Å²) in [4.78, 5) is 63.9. The van der Waals surface area contributed by atoms with E-state index in [2.05, 4.69) is 62.7 Å². The topological polar surface area (TPSA) is 206 Å². The van der Waals surface area contributed by atoms with Crippen molar-refractivity contribution in [2.75, 3.05) is 5.01 Å². The lowest BCUT2D eigenvalue weighted by molar-refractivity contribution is -0.117. The zero-order chi connectivity index (χ0) is 24.5. The Morgan fingerprint density at radius 1 is 1.00 bits per heavy atom. The van der Waals surface area contributed by atoms with Crippen LogP contribution in [0, 0.1) is 0 Å². The predicted molar refractivity (Wildman–Crippen MR) is 125 cm³/mol. The molecule has 35 heavy (non-hydrogen) atoms. The molecule has 0 fully saturated rings. The number of hydrogen-bond acceptors (Lipinski definition) is 9. The van der Waals surface area contributed by atoms with E-state index in [1.807, 2.05) is 24.3 Å². The number of H-pyrrole nitrogens is 4. The van der Waals surface area contributed by atoms with Crippen LogP contribution in [0.25, 0.3) is 33.7 Å². The lowest BCUT2D eigenvalue weighted by atomic mass is 10.1. The summed E-state index contributed by atoms with van der Waals surface area (Å²) in [6.45, 7) is 3.29. The number of benzene rings is 1. The van der Waals surface area contributed by atoms with Crippen molar-refractivity contribution in [2.24, 2.45) is 10.3 Å². The number of nitrogens with zero attached hydrogens (tertiary/aromatic N) is 7. The Morgan fingerprint density at radius 2 is 1.77 bits per heavy atom. The first-order valence-electron chi connectivity index (χ1n) is 10.4. The summed E-state index contributed by atoms with van der Waals surface area (Å²) in [6, 6.07) is 7.75. The maximum absolute atomic E-state index is 12.7. The molecule has 0 aliphatic carbocycles. The van der Waals surface area contributed by atoms with Crippen LogP contribution in [-0.2, 0) is 11.2 Å². The summed E-state index contributed by atoms with van der Waals surface area (Å²) in [5.74, 6) is -0.392. The molecule has 176 valence electrons. The average Bonchev–Trinajstić information content (AvgIpc) is 3.49. The second kappa shape index (κ2) is 8.62. The van der Waals surface area contributed by atoms with Crippen molar-refractivity contribution in [1.82, 2.24) is 45.4 Å². The first-order valence-corrected chi connectivity index (χ1v) is 10.4. The van der Waals surface area contributed by atoms with Gasteiger partial charge < -0.3 is 9.97 Å².